The van der Waals surface area contributed by atoms with Crippen LogP contribution in [-0.2, 0) is 6.54 Å². The predicted molar refractivity (Wildman–Crippen MR) is 159 cm³/mol. The molecule has 5 aromatic rings. The van der Waals surface area contributed by atoms with Crippen LogP contribution in [0.2, 0.25) is 0 Å². The lowest BCUT2D eigenvalue weighted by molar-refractivity contribution is 0.0641. The molecule has 0 saturated heterocycles. The fourth-order valence-electron chi connectivity index (χ4n) is 4.91. The number of hydrogen-bond acceptors (Lipinski definition) is 4. The number of carbonyl (C=O) groups excluding carboxylic acids is 4. The van der Waals surface area contributed by atoms with Gasteiger partial charge in [-0.2, -0.15) is 0 Å². The number of nitrogens with zero attached hydrogens (tertiary/aromatic N) is 1. The molecule has 5 aromatic carbocycles. The van der Waals surface area contributed by atoms with Crippen molar-refractivity contribution >= 4 is 46.0 Å². The van der Waals surface area contributed by atoms with Gasteiger partial charge in [0, 0.05) is 16.8 Å². The molecular formula is C35H24N2O4. The van der Waals surface area contributed by atoms with E-state index in [1.54, 1.807) is 78.9 Å². The summed E-state index contributed by atoms with van der Waals surface area (Å²) in [5, 5.41) is 5.02. The molecule has 198 valence electrons. The van der Waals surface area contributed by atoms with Gasteiger partial charge in [0.1, 0.15) is 0 Å². The summed E-state index contributed by atoms with van der Waals surface area (Å²) in [6.45, 7) is 0.124. The highest BCUT2D eigenvalue weighted by molar-refractivity contribution is 6.21. The van der Waals surface area contributed by atoms with Crippen molar-refractivity contribution in [3.63, 3.8) is 0 Å². The van der Waals surface area contributed by atoms with Crippen molar-refractivity contribution in [1.29, 1.82) is 0 Å². The van der Waals surface area contributed by atoms with E-state index in [9.17, 15) is 19.2 Å². The molecule has 0 radical (unpaired) electrons. The Bertz CT molecular complexity index is 1810. The second kappa shape index (κ2) is 10.9. The first kappa shape index (κ1) is 25.6. The number of imide groups is 1. The average Bonchev–Trinajstić information content (AvgIpc) is 3.25. The fourth-order valence-corrected chi connectivity index (χ4v) is 4.91. The Hall–Kier alpha value is -5.62. The average molecular weight is 537 g/mol. The number of ketones is 1. The standard InChI is InChI=1S/C35H24N2O4/c38-32(21-18-25-8-5-7-24-6-1-2-9-29(24)25)26-16-19-28(20-17-26)36-33(39)27-14-12-23(13-15-27)22-37-34(40)30-10-3-4-11-31(30)35(37)41/h1-21H,22H2,(H,36,39)/b21-18+. The highest BCUT2D eigenvalue weighted by atomic mass is 16.2. The summed E-state index contributed by atoms with van der Waals surface area (Å²) in [6, 6.07) is 34.2. The van der Waals surface area contributed by atoms with Gasteiger partial charge in [-0.05, 0) is 76.5 Å². The minimum atomic E-state index is -0.321. The third-order valence-corrected chi connectivity index (χ3v) is 7.10. The summed E-state index contributed by atoms with van der Waals surface area (Å²) in [7, 11) is 0. The molecule has 0 atom stereocenters. The van der Waals surface area contributed by atoms with E-state index in [4.69, 9.17) is 0 Å². The van der Waals surface area contributed by atoms with E-state index < -0.39 is 0 Å². The molecule has 0 fully saturated rings. The number of benzene rings is 5. The van der Waals surface area contributed by atoms with Crippen molar-refractivity contribution < 1.29 is 19.2 Å². The number of rotatable bonds is 7. The number of fused-ring (bicyclic) bond motifs is 2. The number of anilines is 1. The van der Waals surface area contributed by atoms with E-state index in [1.165, 1.54) is 4.90 Å². The van der Waals surface area contributed by atoms with Crippen LogP contribution in [-0.4, -0.2) is 28.4 Å². The first-order valence-corrected chi connectivity index (χ1v) is 13.1. The largest absolute Gasteiger partial charge is 0.322 e. The van der Waals surface area contributed by atoms with Gasteiger partial charge in [-0.25, -0.2) is 0 Å². The number of amides is 3. The monoisotopic (exact) mass is 536 g/mol. The van der Waals surface area contributed by atoms with Crippen LogP contribution in [0.3, 0.4) is 0 Å². The van der Waals surface area contributed by atoms with Crippen LogP contribution in [0.15, 0.2) is 121 Å². The van der Waals surface area contributed by atoms with Gasteiger partial charge >= 0.3 is 0 Å². The van der Waals surface area contributed by atoms with Gasteiger partial charge in [-0.1, -0.05) is 72.8 Å². The van der Waals surface area contributed by atoms with Crippen molar-refractivity contribution in [3.8, 4) is 0 Å². The topological polar surface area (TPSA) is 83.6 Å². The molecule has 0 spiro atoms. The Morgan fingerprint density at radius 3 is 1.98 bits per heavy atom. The van der Waals surface area contributed by atoms with Gasteiger partial charge in [-0.3, -0.25) is 24.1 Å². The number of nitrogens with one attached hydrogen (secondary N) is 1. The summed E-state index contributed by atoms with van der Waals surface area (Å²) >= 11 is 0. The summed E-state index contributed by atoms with van der Waals surface area (Å²) < 4.78 is 0. The van der Waals surface area contributed by atoms with E-state index in [0.717, 1.165) is 21.9 Å². The molecule has 0 aromatic heterocycles. The molecule has 3 amide bonds. The minimum Gasteiger partial charge on any atom is -0.322 e. The minimum absolute atomic E-state index is 0.124. The Kier molecular flexibility index (Phi) is 6.80. The highest BCUT2D eigenvalue weighted by Crippen LogP contribution is 2.25. The lowest BCUT2D eigenvalue weighted by atomic mass is 10.0. The summed E-state index contributed by atoms with van der Waals surface area (Å²) in [4.78, 5) is 52.0. The number of carbonyl (C=O) groups is 4. The molecule has 6 heteroatoms. The van der Waals surface area contributed by atoms with Crippen LogP contribution >= 0.6 is 0 Å². The van der Waals surface area contributed by atoms with E-state index in [2.05, 4.69) is 5.32 Å². The van der Waals surface area contributed by atoms with Crippen LogP contribution in [0.4, 0.5) is 5.69 Å². The SMILES string of the molecule is O=C(/C=C/c1cccc2ccccc12)c1ccc(NC(=O)c2ccc(CN3C(=O)c4ccccc4C3=O)cc2)cc1. The van der Waals surface area contributed by atoms with Crippen molar-refractivity contribution in [2.75, 3.05) is 5.32 Å². The third-order valence-electron chi connectivity index (χ3n) is 7.10. The normalized spacial score (nSPS) is 12.6. The zero-order valence-corrected chi connectivity index (χ0v) is 21.9. The Morgan fingerprint density at radius 2 is 1.27 bits per heavy atom. The lowest BCUT2D eigenvalue weighted by Gasteiger charge is -2.14. The maximum atomic E-state index is 12.8. The van der Waals surface area contributed by atoms with E-state index in [-0.39, 0.29) is 30.0 Å². The molecule has 1 N–H and O–H groups in total. The van der Waals surface area contributed by atoms with Gasteiger partial charge in [0.25, 0.3) is 17.7 Å². The van der Waals surface area contributed by atoms with Gasteiger partial charge < -0.3 is 5.32 Å². The molecule has 0 bridgehead atoms. The molecule has 1 aliphatic rings. The Morgan fingerprint density at radius 1 is 0.659 bits per heavy atom. The van der Waals surface area contributed by atoms with Crippen molar-refractivity contribution in [1.82, 2.24) is 4.90 Å². The molecule has 0 unspecified atom stereocenters. The summed E-state index contributed by atoms with van der Waals surface area (Å²) in [5.41, 5.74) is 4.00. The molecule has 1 aliphatic heterocycles. The van der Waals surface area contributed by atoms with Crippen LogP contribution < -0.4 is 5.32 Å². The zero-order valence-electron chi connectivity index (χ0n) is 21.9. The van der Waals surface area contributed by atoms with E-state index in [1.807, 2.05) is 48.5 Å². The van der Waals surface area contributed by atoms with Crippen LogP contribution in [0.1, 0.15) is 52.6 Å². The molecular weight excluding hydrogens is 512 g/mol. The van der Waals surface area contributed by atoms with Crippen LogP contribution in [0.5, 0.6) is 0 Å². The van der Waals surface area contributed by atoms with E-state index in [0.29, 0.717) is 27.9 Å². The Balaban J connectivity index is 1.07. The van der Waals surface area contributed by atoms with Gasteiger partial charge in [-0.15, -0.1) is 0 Å². The van der Waals surface area contributed by atoms with E-state index >= 15 is 0 Å². The highest BCUT2D eigenvalue weighted by Gasteiger charge is 2.34. The maximum absolute atomic E-state index is 12.8. The van der Waals surface area contributed by atoms with Crippen molar-refractivity contribution in [2.24, 2.45) is 0 Å². The molecule has 1 heterocycles. The predicted octanol–water partition coefficient (Wildman–Crippen LogP) is 6.78. The maximum Gasteiger partial charge on any atom is 0.261 e. The molecule has 0 aliphatic carbocycles. The smallest absolute Gasteiger partial charge is 0.261 e. The third kappa shape index (κ3) is 5.18. The molecule has 6 rings (SSSR count). The van der Waals surface area contributed by atoms with Crippen LogP contribution in [0, 0.1) is 0 Å². The summed E-state index contributed by atoms with van der Waals surface area (Å²) in [6.07, 6.45) is 3.37. The lowest BCUT2D eigenvalue weighted by Crippen LogP contribution is -2.29. The Labute approximate surface area is 236 Å². The van der Waals surface area contributed by atoms with Gasteiger partial charge in [0.2, 0.25) is 0 Å². The first-order valence-electron chi connectivity index (χ1n) is 13.1. The van der Waals surface area contributed by atoms with Gasteiger partial charge in [0.05, 0.1) is 17.7 Å². The van der Waals surface area contributed by atoms with Gasteiger partial charge in [0.15, 0.2) is 5.78 Å². The quantitative estimate of drug-likeness (QED) is 0.141. The summed E-state index contributed by atoms with van der Waals surface area (Å²) in [5.74, 6) is -1.09. The van der Waals surface area contributed by atoms with Crippen molar-refractivity contribution in [3.05, 3.63) is 155 Å². The fraction of sp³-hybridized carbons (Fsp3) is 0.0286. The molecule has 0 saturated carbocycles. The second-order valence-corrected chi connectivity index (χ2v) is 9.74. The van der Waals surface area contributed by atoms with Crippen LogP contribution in [0.25, 0.3) is 16.8 Å². The zero-order chi connectivity index (χ0) is 28.3. The molecule has 6 nitrogen and oxygen atoms in total. The first-order chi connectivity index (χ1) is 20.0. The molecule has 41 heavy (non-hydrogen) atoms. The number of hydrogen-bond donors (Lipinski definition) is 1. The number of allylic oxidation sites excluding steroid dienone is 1. The second-order valence-electron chi connectivity index (χ2n) is 9.74. The van der Waals surface area contributed by atoms with Crippen molar-refractivity contribution in [2.45, 2.75) is 6.54 Å².